The second-order valence-electron chi connectivity index (χ2n) is 10.4. The van der Waals surface area contributed by atoms with Gasteiger partial charge in [-0.1, -0.05) is 75.8 Å². The molecule has 0 radical (unpaired) electrons. The standard InChI is InChI=1S/C31H35F5O/c1-2-3-4-5-6-7-21-8-10-22(11-9-21)23-12-15-26(28(32)19-23)24-13-16-27-25(18-24)14-17-29(30(27)33)37-20-31(34,35)36/h12-19,21-22H,2-11,20H2,1H3. The lowest BCUT2D eigenvalue weighted by Gasteiger charge is -2.29. The van der Waals surface area contributed by atoms with Crippen LogP contribution in [0.1, 0.15) is 82.6 Å². The highest BCUT2D eigenvalue weighted by atomic mass is 19.4. The van der Waals surface area contributed by atoms with Gasteiger partial charge in [-0.05, 0) is 72.2 Å². The van der Waals surface area contributed by atoms with Gasteiger partial charge in [0.2, 0.25) is 0 Å². The van der Waals surface area contributed by atoms with Crippen LogP contribution in [0.15, 0.2) is 48.5 Å². The minimum absolute atomic E-state index is 0.127. The molecule has 37 heavy (non-hydrogen) atoms. The number of benzene rings is 3. The van der Waals surface area contributed by atoms with Crippen molar-refractivity contribution >= 4 is 10.8 Å². The van der Waals surface area contributed by atoms with Crippen molar-refractivity contribution in [3.63, 3.8) is 0 Å². The van der Waals surface area contributed by atoms with E-state index in [1.807, 2.05) is 6.07 Å². The van der Waals surface area contributed by atoms with Crippen LogP contribution in [0.5, 0.6) is 5.75 Å². The predicted molar refractivity (Wildman–Crippen MR) is 139 cm³/mol. The van der Waals surface area contributed by atoms with Crippen molar-refractivity contribution in [2.45, 2.75) is 83.2 Å². The average Bonchev–Trinajstić information content (AvgIpc) is 2.88. The molecule has 200 valence electrons. The first-order valence-corrected chi connectivity index (χ1v) is 13.5. The van der Waals surface area contributed by atoms with Crippen molar-refractivity contribution in [2.24, 2.45) is 5.92 Å². The molecule has 0 aromatic heterocycles. The molecule has 1 aliphatic rings. The highest BCUT2D eigenvalue weighted by molar-refractivity contribution is 5.89. The van der Waals surface area contributed by atoms with Gasteiger partial charge in [0.25, 0.3) is 0 Å². The zero-order chi connectivity index (χ0) is 26.4. The fraction of sp³-hybridized carbons (Fsp3) is 0.484. The van der Waals surface area contributed by atoms with Crippen LogP contribution in [0.3, 0.4) is 0 Å². The molecule has 1 aliphatic carbocycles. The molecule has 3 aromatic carbocycles. The Labute approximate surface area is 216 Å². The number of alkyl halides is 3. The molecule has 0 atom stereocenters. The van der Waals surface area contributed by atoms with Gasteiger partial charge in [0, 0.05) is 10.9 Å². The lowest BCUT2D eigenvalue weighted by Crippen LogP contribution is -2.19. The topological polar surface area (TPSA) is 9.23 Å². The minimum atomic E-state index is -4.55. The second-order valence-corrected chi connectivity index (χ2v) is 10.4. The van der Waals surface area contributed by atoms with Gasteiger partial charge >= 0.3 is 6.18 Å². The van der Waals surface area contributed by atoms with Crippen LogP contribution in [-0.4, -0.2) is 12.8 Å². The Hall–Kier alpha value is -2.63. The van der Waals surface area contributed by atoms with Gasteiger partial charge < -0.3 is 4.74 Å². The summed E-state index contributed by atoms with van der Waals surface area (Å²) < 4.78 is 71.8. The first-order valence-electron chi connectivity index (χ1n) is 13.5. The molecule has 0 amide bonds. The monoisotopic (exact) mass is 518 g/mol. The zero-order valence-electron chi connectivity index (χ0n) is 21.3. The molecule has 1 nitrogen and oxygen atoms in total. The van der Waals surface area contributed by atoms with E-state index in [1.165, 1.54) is 69.6 Å². The maximum Gasteiger partial charge on any atom is 0.422 e. The van der Waals surface area contributed by atoms with Crippen LogP contribution < -0.4 is 4.74 Å². The zero-order valence-corrected chi connectivity index (χ0v) is 21.3. The van der Waals surface area contributed by atoms with Crippen LogP contribution in [-0.2, 0) is 0 Å². The van der Waals surface area contributed by atoms with Crippen LogP contribution in [0.2, 0.25) is 0 Å². The predicted octanol–water partition coefficient (Wildman–Crippen LogP) is 10.4. The highest BCUT2D eigenvalue weighted by Gasteiger charge is 2.29. The molecule has 3 aromatic rings. The molecular formula is C31H35F5O. The fourth-order valence-corrected chi connectivity index (χ4v) is 5.55. The summed E-state index contributed by atoms with van der Waals surface area (Å²) in [6.07, 6.45) is 7.91. The summed E-state index contributed by atoms with van der Waals surface area (Å²) in [5.74, 6) is -0.472. The maximum absolute atomic E-state index is 15.2. The van der Waals surface area contributed by atoms with Crippen LogP contribution in [0.25, 0.3) is 21.9 Å². The number of unbranched alkanes of at least 4 members (excludes halogenated alkanes) is 4. The van der Waals surface area contributed by atoms with Crippen molar-refractivity contribution in [3.8, 4) is 16.9 Å². The van der Waals surface area contributed by atoms with E-state index in [0.717, 1.165) is 24.3 Å². The molecular weight excluding hydrogens is 483 g/mol. The van der Waals surface area contributed by atoms with Crippen LogP contribution in [0, 0.1) is 17.6 Å². The largest absolute Gasteiger partial charge is 0.481 e. The van der Waals surface area contributed by atoms with Gasteiger partial charge in [0.05, 0.1) is 0 Å². The van der Waals surface area contributed by atoms with Crippen molar-refractivity contribution in [1.29, 1.82) is 0 Å². The first-order chi connectivity index (χ1) is 17.7. The van der Waals surface area contributed by atoms with Crippen molar-refractivity contribution in [3.05, 3.63) is 65.7 Å². The van der Waals surface area contributed by atoms with E-state index in [9.17, 15) is 17.6 Å². The Morgan fingerprint density at radius 1 is 0.838 bits per heavy atom. The van der Waals surface area contributed by atoms with Gasteiger partial charge in [0.15, 0.2) is 18.2 Å². The van der Waals surface area contributed by atoms with Crippen LogP contribution in [0.4, 0.5) is 22.0 Å². The molecule has 0 saturated heterocycles. The smallest absolute Gasteiger partial charge is 0.422 e. The van der Waals surface area contributed by atoms with E-state index < -0.39 is 24.3 Å². The molecule has 6 heteroatoms. The van der Waals surface area contributed by atoms with E-state index in [4.69, 9.17) is 0 Å². The van der Waals surface area contributed by atoms with E-state index in [-0.39, 0.29) is 11.2 Å². The molecule has 0 unspecified atom stereocenters. The fourth-order valence-electron chi connectivity index (χ4n) is 5.55. The van der Waals surface area contributed by atoms with Crippen molar-refractivity contribution in [2.75, 3.05) is 6.61 Å². The Morgan fingerprint density at radius 2 is 1.59 bits per heavy atom. The molecule has 0 bridgehead atoms. The highest BCUT2D eigenvalue weighted by Crippen LogP contribution is 2.39. The first kappa shape index (κ1) is 27.4. The number of halogens is 5. The lowest BCUT2D eigenvalue weighted by atomic mass is 9.77. The van der Waals surface area contributed by atoms with E-state index >= 15 is 4.39 Å². The molecule has 1 fully saturated rings. The Kier molecular flexibility index (Phi) is 9.09. The third-order valence-corrected chi connectivity index (χ3v) is 7.65. The number of hydrogen-bond acceptors (Lipinski definition) is 1. The summed E-state index contributed by atoms with van der Waals surface area (Å²) in [6.45, 7) is 0.671. The quantitative estimate of drug-likeness (QED) is 0.192. The number of fused-ring (bicyclic) bond motifs is 1. The molecule has 4 rings (SSSR count). The summed E-state index contributed by atoms with van der Waals surface area (Å²) in [5.41, 5.74) is 2.04. The summed E-state index contributed by atoms with van der Waals surface area (Å²) >= 11 is 0. The molecule has 0 N–H and O–H groups in total. The van der Waals surface area contributed by atoms with Crippen LogP contribution >= 0.6 is 0 Å². The van der Waals surface area contributed by atoms with E-state index in [1.54, 1.807) is 24.3 Å². The summed E-state index contributed by atoms with van der Waals surface area (Å²) in [4.78, 5) is 0. The molecule has 0 aliphatic heterocycles. The lowest BCUT2D eigenvalue weighted by molar-refractivity contribution is -0.153. The number of rotatable bonds is 10. The summed E-state index contributed by atoms with van der Waals surface area (Å²) in [6, 6.07) is 12.8. The van der Waals surface area contributed by atoms with E-state index in [0.29, 0.717) is 22.4 Å². The number of hydrogen-bond donors (Lipinski definition) is 0. The van der Waals surface area contributed by atoms with Crippen molar-refractivity contribution in [1.82, 2.24) is 0 Å². The van der Waals surface area contributed by atoms with Gasteiger partial charge in [-0.25, -0.2) is 8.78 Å². The van der Waals surface area contributed by atoms with Gasteiger partial charge in [-0.2, -0.15) is 13.2 Å². The van der Waals surface area contributed by atoms with Crippen molar-refractivity contribution < 1.29 is 26.7 Å². The Morgan fingerprint density at radius 3 is 2.30 bits per heavy atom. The van der Waals surface area contributed by atoms with E-state index in [2.05, 4.69) is 11.7 Å². The Bertz CT molecular complexity index is 1180. The summed E-state index contributed by atoms with van der Waals surface area (Å²) in [7, 11) is 0. The SMILES string of the molecule is CCCCCCCC1CCC(c2ccc(-c3ccc4c(F)c(OCC(F)(F)F)ccc4c3)c(F)c2)CC1. The maximum atomic E-state index is 15.2. The number of ether oxygens (including phenoxy) is 1. The minimum Gasteiger partial charge on any atom is -0.481 e. The average molecular weight is 519 g/mol. The molecule has 0 spiro atoms. The summed E-state index contributed by atoms with van der Waals surface area (Å²) in [5, 5.41) is 0.591. The molecule has 0 heterocycles. The third-order valence-electron chi connectivity index (χ3n) is 7.65. The molecule has 1 saturated carbocycles. The van der Waals surface area contributed by atoms with Gasteiger partial charge in [-0.3, -0.25) is 0 Å². The van der Waals surface area contributed by atoms with Gasteiger partial charge in [0.1, 0.15) is 5.82 Å². The second kappa shape index (κ2) is 12.3. The third kappa shape index (κ3) is 7.24. The normalized spacial score (nSPS) is 18.3. The van der Waals surface area contributed by atoms with Gasteiger partial charge in [-0.15, -0.1) is 0 Å². The Balaban J connectivity index is 1.40.